The fraction of sp³-hybridized carbons (Fsp3) is 0.588. The first-order chi connectivity index (χ1) is 10.7. The third-order valence-corrected chi connectivity index (χ3v) is 5.07. The largest absolute Gasteiger partial charge is 0.367 e. The topological polar surface area (TPSA) is 35.6 Å². The van der Waals surface area contributed by atoms with Crippen molar-refractivity contribution in [3.63, 3.8) is 0 Å². The van der Waals surface area contributed by atoms with E-state index in [1.165, 1.54) is 12.8 Å². The smallest absolute Gasteiger partial charge is 0.167 e. The van der Waals surface area contributed by atoms with Gasteiger partial charge in [0.1, 0.15) is 5.82 Å². The highest BCUT2D eigenvalue weighted by atomic mass is 19.1. The molecule has 0 radical (unpaired) electrons. The van der Waals surface area contributed by atoms with Crippen LogP contribution in [0.1, 0.15) is 35.2 Å². The first-order valence-electron chi connectivity index (χ1n) is 8.25. The summed E-state index contributed by atoms with van der Waals surface area (Å²) in [5.41, 5.74) is 2.78. The van der Waals surface area contributed by atoms with E-state index in [0.29, 0.717) is 29.3 Å². The van der Waals surface area contributed by atoms with Crippen LogP contribution in [0.2, 0.25) is 0 Å². The molecule has 1 aromatic carbocycles. The Hall–Kier alpha value is -1.62. The van der Waals surface area contributed by atoms with E-state index >= 15 is 0 Å². The van der Waals surface area contributed by atoms with Crippen LogP contribution >= 0.6 is 0 Å². The van der Waals surface area contributed by atoms with Gasteiger partial charge in [0.05, 0.1) is 11.4 Å². The van der Waals surface area contributed by atoms with Crippen molar-refractivity contribution in [1.29, 1.82) is 0 Å². The van der Waals surface area contributed by atoms with E-state index in [-0.39, 0.29) is 11.6 Å². The molecule has 1 N–H and O–H groups in total. The van der Waals surface area contributed by atoms with Crippen LogP contribution in [-0.2, 0) is 0 Å². The van der Waals surface area contributed by atoms with Crippen molar-refractivity contribution in [2.24, 2.45) is 0 Å². The van der Waals surface area contributed by atoms with E-state index in [2.05, 4.69) is 15.1 Å². The summed E-state index contributed by atoms with van der Waals surface area (Å²) in [4.78, 5) is 16.7. The van der Waals surface area contributed by atoms with Gasteiger partial charge in [-0.25, -0.2) is 4.39 Å². The summed E-state index contributed by atoms with van der Waals surface area (Å²) in [7, 11) is 0. The number of piperazine rings is 1. The van der Waals surface area contributed by atoms with Crippen molar-refractivity contribution in [3.8, 4) is 0 Å². The molecular formula is C17H22FN3O. The number of hydrogen-bond acceptors (Lipinski definition) is 4. The Kier molecular flexibility index (Phi) is 3.33. The average Bonchev–Trinajstić information content (AvgIpc) is 3.36. The molecule has 22 heavy (non-hydrogen) atoms. The van der Waals surface area contributed by atoms with Crippen LogP contribution < -0.4 is 15.1 Å². The molecular weight excluding hydrogens is 281 g/mol. The number of nitrogens with zero attached hydrogens (tertiary/aromatic N) is 2. The molecule has 4 rings (SSSR count). The van der Waals surface area contributed by atoms with E-state index in [9.17, 15) is 9.18 Å². The summed E-state index contributed by atoms with van der Waals surface area (Å²) >= 11 is 0. The van der Waals surface area contributed by atoms with Gasteiger partial charge >= 0.3 is 0 Å². The van der Waals surface area contributed by atoms with Gasteiger partial charge in [-0.05, 0) is 31.4 Å². The number of carbonyl (C=O) groups excluding carboxylic acids is 1. The molecule has 4 nitrogen and oxygen atoms in total. The molecule has 0 amide bonds. The summed E-state index contributed by atoms with van der Waals surface area (Å²) in [6.07, 6.45) is 2.89. The number of benzene rings is 1. The normalized spacial score (nSPS) is 22.0. The number of Topliss-reactive ketones (excluding diaryl/α,β-unsaturated/α-hetero) is 1. The van der Waals surface area contributed by atoms with E-state index in [1.54, 1.807) is 6.92 Å². The van der Waals surface area contributed by atoms with Crippen LogP contribution in [0.25, 0.3) is 0 Å². The van der Waals surface area contributed by atoms with Gasteiger partial charge in [-0.3, -0.25) is 4.79 Å². The highest BCUT2D eigenvalue weighted by Crippen LogP contribution is 2.41. The molecule has 118 valence electrons. The average molecular weight is 303 g/mol. The second-order valence-electron chi connectivity index (χ2n) is 6.56. The van der Waals surface area contributed by atoms with Gasteiger partial charge in [-0.1, -0.05) is 0 Å². The molecule has 0 spiro atoms. The molecule has 2 heterocycles. The Balaban J connectivity index is 1.82. The van der Waals surface area contributed by atoms with Gasteiger partial charge in [0.2, 0.25) is 0 Å². The first-order valence-corrected chi connectivity index (χ1v) is 8.25. The van der Waals surface area contributed by atoms with Crippen molar-refractivity contribution in [3.05, 3.63) is 23.0 Å². The maximum atomic E-state index is 14.9. The number of rotatable bonds is 2. The highest BCUT2D eigenvalue weighted by molar-refractivity contribution is 6.05. The maximum absolute atomic E-state index is 14.9. The monoisotopic (exact) mass is 303 g/mol. The first kappa shape index (κ1) is 14.0. The molecule has 1 aliphatic carbocycles. The van der Waals surface area contributed by atoms with Crippen molar-refractivity contribution in [2.75, 3.05) is 42.5 Å². The van der Waals surface area contributed by atoms with Crippen LogP contribution in [0, 0.1) is 12.7 Å². The van der Waals surface area contributed by atoms with Gasteiger partial charge in [-0.2, -0.15) is 0 Å². The molecule has 2 fully saturated rings. The zero-order valence-corrected chi connectivity index (χ0v) is 13.0. The molecule has 2 aliphatic heterocycles. The second kappa shape index (κ2) is 5.23. The van der Waals surface area contributed by atoms with Gasteiger partial charge < -0.3 is 15.1 Å². The van der Waals surface area contributed by atoms with Gasteiger partial charge in [0, 0.05) is 50.7 Å². The number of hydrogen-bond donors (Lipinski definition) is 1. The molecule has 5 heteroatoms. The van der Waals surface area contributed by atoms with Crippen LogP contribution in [0.3, 0.4) is 0 Å². The highest BCUT2D eigenvalue weighted by Gasteiger charge is 2.36. The van der Waals surface area contributed by atoms with Crippen molar-refractivity contribution in [2.45, 2.75) is 32.2 Å². The van der Waals surface area contributed by atoms with Crippen LogP contribution in [0.15, 0.2) is 6.07 Å². The SMILES string of the molecule is Cc1c(F)c(N2CCNCC2)cc2c1C(=O)CCN2C1CC1. The fourth-order valence-corrected chi connectivity index (χ4v) is 3.71. The third kappa shape index (κ3) is 2.19. The summed E-state index contributed by atoms with van der Waals surface area (Å²) in [5, 5.41) is 3.30. The number of fused-ring (bicyclic) bond motifs is 1. The van der Waals surface area contributed by atoms with E-state index in [1.807, 2.05) is 6.07 Å². The van der Waals surface area contributed by atoms with E-state index in [4.69, 9.17) is 0 Å². The lowest BCUT2D eigenvalue weighted by molar-refractivity contribution is 0.0978. The molecule has 1 aromatic rings. The Morgan fingerprint density at radius 1 is 1.18 bits per heavy atom. The zero-order valence-electron chi connectivity index (χ0n) is 13.0. The second-order valence-corrected chi connectivity index (χ2v) is 6.56. The molecule has 0 bridgehead atoms. The summed E-state index contributed by atoms with van der Waals surface area (Å²) in [5.74, 6) is -0.123. The van der Waals surface area contributed by atoms with Crippen LogP contribution in [0.5, 0.6) is 0 Å². The zero-order chi connectivity index (χ0) is 15.3. The standard InChI is InChI=1S/C17H22FN3O/c1-11-16-13(21(12-2-3-12)7-4-15(16)22)10-14(17(11)18)20-8-5-19-6-9-20/h10,12,19H,2-9H2,1H3. The predicted molar refractivity (Wildman–Crippen MR) is 85.5 cm³/mol. The number of carbonyl (C=O) groups is 1. The molecule has 0 aromatic heterocycles. The minimum absolute atomic E-state index is 0.0927. The Morgan fingerprint density at radius 2 is 1.91 bits per heavy atom. The molecule has 0 atom stereocenters. The Morgan fingerprint density at radius 3 is 2.59 bits per heavy atom. The molecule has 0 unspecified atom stereocenters. The Labute approximate surface area is 130 Å². The van der Waals surface area contributed by atoms with Crippen molar-refractivity contribution < 1.29 is 9.18 Å². The van der Waals surface area contributed by atoms with E-state index < -0.39 is 0 Å². The molecule has 1 saturated heterocycles. The van der Waals surface area contributed by atoms with Gasteiger partial charge in [0.15, 0.2) is 5.78 Å². The number of anilines is 2. The molecule has 1 saturated carbocycles. The lowest BCUT2D eigenvalue weighted by Gasteiger charge is -2.35. The summed E-state index contributed by atoms with van der Waals surface area (Å²) < 4.78 is 14.9. The minimum atomic E-state index is -0.216. The maximum Gasteiger partial charge on any atom is 0.167 e. The fourth-order valence-electron chi connectivity index (χ4n) is 3.71. The van der Waals surface area contributed by atoms with Crippen LogP contribution in [-0.4, -0.2) is 44.5 Å². The molecule has 3 aliphatic rings. The quantitative estimate of drug-likeness (QED) is 0.907. The summed E-state index contributed by atoms with van der Waals surface area (Å²) in [6.45, 7) is 5.91. The van der Waals surface area contributed by atoms with Crippen LogP contribution in [0.4, 0.5) is 15.8 Å². The van der Waals surface area contributed by atoms with Gasteiger partial charge in [-0.15, -0.1) is 0 Å². The van der Waals surface area contributed by atoms with Crippen molar-refractivity contribution in [1.82, 2.24) is 5.32 Å². The summed E-state index contributed by atoms with van der Waals surface area (Å²) in [6, 6.07) is 2.48. The lowest BCUT2D eigenvalue weighted by Crippen LogP contribution is -2.44. The Bertz CT molecular complexity index is 621. The third-order valence-electron chi connectivity index (χ3n) is 5.07. The number of ketones is 1. The number of nitrogens with one attached hydrogen (secondary N) is 1. The van der Waals surface area contributed by atoms with Gasteiger partial charge in [0.25, 0.3) is 0 Å². The van der Waals surface area contributed by atoms with Crippen molar-refractivity contribution >= 4 is 17.2 Å². The van der Waals surface area contributed by atoms with E-state index in [0.717, 1.165) is 38.4 Å². The minimum Gasteiger partial charge on any atom is -0.367 e. The number of halogens is 1. The lowest BCUT2D eigenvalue weighted by atomic mass is 9.94. The predicted octanol–water partition coefficient (Wildman–Crippen LogP) is 2.10.